The van der Waals surface area contributed by atoms with Gasteiger partial charge in [0.25, 0.3) is 5.56 Å². The van der Waals surface area contributed by atoms with E-state index in [1.807, 2.05) is 36.6 Å². The van der Waals surface area contributed by atoms with Gasteiger partial charge in [-0.05, 0) is 43.0 Å². The van der Waals surface area contributed by atoms with Crippen molar-refractivity contribution in [1.82, 2.24) is 9.88 Å². The number of ether oxygens (including phenoxy) is 1. The molecule has 1 aromatic carbocycles. The summed E-state index contributed by atoms with van der Waals surface area (Å²) in [5.74, 6) is -0.741. The number of ketones is 1. The van der Waals surface area contributed by atoms with Crippen LogP contribution in [0.2, 0.25) is 0 Å². The third kappa shape index (κ3) is 6.90. The van der Waals surface area contributed by atoms with Crippen LogP contribution < -0.4 is 10.9 Å². The maximum Gasteiger partial charge on any atom is 0.329 e. The fourth-order valence-electron chi connectivity index (χ4n) is 2.64. The van der Waals surface area contributed by atoms with E-state index in [0.717, 1.165) is 10.1 Å². The lowest BCUT2D eigenvalue weighted by molar-refractivity contribution is -0.149. The number of esters is 1. The van der Waals surface area contributed by atoms with Crippen molar-refractivity contribution in [3.8, 4) is 0 Å². The van der Waals surface area contributed by atoms with Crippen LogP contribution in [0.4, 0.5) is 0 Å². The van der Waals surface area contributed by atoms with Crippen LogP contribution in [0.1, 0.15) is 29.3 Å². The molecule has 0 saturated carbocycles. The van der Waals surface area contributed by atoms with Gasteiger partial charge in [-0.3, -0.25) is 14.4 Å². The fraction of sp³-hybridized carbons (Fsp3) is 0.333. The summed E-state index contributed by atoms with van der Waals surface area (Å²) in [5, 5.41) is 2.64. The van der Waals surface area contributed by atoms with Crippen molar-refractivity contribution in [2.24, 2.45) is 0 Å². The molecule has 154 valence electrons. The minimum Gasteiger partial charge on any atom is -0.459 e. The second kappa shape index (κ2) is 11.2. The van der Waals surface area contributed by atoms with Crippen LogP contribution in [0.3, 0.4) is 0 Å². The molecule has 0 unspecified atom stereocenters. The third-order valence-corrected chi connectivity index (χ3v) is 4.81. The Kier molecular flexibility index (Phi) is 8.67. The van der Waals surface area contributed by atoms with Crippen LogP contribution in [-0.2, 0) is 27.5 Å². The Labute approximate surface area is 173 Å². The summed E-state index contributed by atoms with van der Waals surface area (Å²) < 4.78 is 6.48. The van der Waals surface area contributed by atoms with Crippen molar-refractivity contribution >= 4 is 29.4 Å². The van der Waals surface area contributed by atoms with Gasteiger partial charge < -0.3 is 14.6 Å². The molecule has 1 aromatic heterocycles. The molecule has 2 aromatic rings. The van der Waals surface area contributed by atoms with Crippen LogP contribution in [0, 0.1) is 0 Å². The van der Waals surface area contributed by atoms with Crippen molar-refractivity contribution in [1.29, 1.82) is 0 Å². The Bertz CT molecular complexity index is 911. The molecular weight excluding hydrogens is 392 g/mol. The number of benzene rings is 1. The average molecular weight is 416 g/mol. The zero-order chi connectivity index (χ0) is 21.2. The zero-order valence-corrected chi connectivity index (χ0v) is 17.2. The number of pyridine rings is 1. The SMILES string of the molecule is CSCC[C@H](NC(=O)Cn1cccc(C(C)=O)c1=O)C(=O)OCc1ccccc1. The van der Waals surface area contributed by atoms with Gasteiger partial charge >= 0.3 is 5.97 Å². The predicted octanol–water partition coefficient (Wildman–Crippen LogP) is 2.03. The van der Waals surface area contributed by atoms with E-state index in [1.54, 1.807) is 11.8 Å². The summed E-state index contributed by atoms with van der Waals surface area (Å²) in [7, 11) is 0. The summed E-state index contributed by atoms with van der Waals surface area (Å²) in [6.07, 6.45) is 3.74. The first-order chi connectivity index (χ1) is 13.9. The standard InChI is InChI=1S/C21H24N2O5S/c1-15(24)17-9-6-11-23(20(17)26)13-19(25)22-18(10-12-29-2)21(27)28-14-16-7-4-3-5-8-16/h3-9,11,18H,10,12-14H2,1-2H3,(H,22,25)/t18-/m0/s1. The highest BCUT2D eigenvalue weighted by Crippen LogP contribution is 2.06. The zero-order valence-electron chi connectivity index (χ0n) is 16.4. The second-order valence-electron chi connectivity index (χ2n) is 6.41. The molecule has 1 atom stereocenters. The smallest absolute Gasteiger partial charge is 0.329 e. The second-order valence-corrected chi connectivity index (χ2v) is 7.39. The van der Waals surface area contributed by atoms with Crippen LogP contribution >= 0.6 is 11.8 Å². The lowest BCUT2D eigenvalue weighted by Gasteiger charge is -2.18. The molecular formula is C21H24N2O5S. The number of thioether (sulfide) groups is 1. The van der Waals surface area contributed by atoms with Gasteiger partial charge in [-0.25, -0.2) is 4.79 Å². The summed E-state index contributed by atoms with van der Waals surface area (Å²) in [5.41, 5.74) is 0.326. The molecule has 1 N–H and O–H groups in total. The molecule has 0 bridgehead atoms. The number of rotatable bonds is 10. The molecule has 2 rings (SSSR count). The molecule has 0 spiro atoms. The predicted molar refractivity (Wildman–Crippen MR) is 112 cm³/mol. The summed E-state index contributed by atoms with van der Waals surface area (Å²) >= 11 is 1.55. The Hall–Kier alpha value is -2.87. The van der Waals surface area contributed by atoms with E-state index < -0.39 is 23.5 Å². The number of hydrogen-bond donors (Lipinski definition) is 1. The molecule has 1 amide bonds. The van der Waals surface area contributed by atoms with E-state index in [1.165, 1.54) is 25.3 Å². The summed E-state index contributed by atoms with van der Waals surface area (Å²) in [4.78, 5) is 48.7. The van der Waals surface area contributed by atoms with Crippen LogP contribution in [0.5, 0.6) is 0 Å². The summed E-state index contributed by atoms with van der Waals surface area (Å²) in [6, 6.07) is 11.4. The molecule has 7 nitrogen and oxygen atoms in total. The van der Waals surface area contributed by atoms with Crippen molar-refractivity contribution < 1.29 is 19.1 Å². The molecule has 29 heavy (non-hydrogen) atoms. The first-order valence-electron chi connectivity index (χ1n) is 9.11. The minimum absolute atomic E-state index is 0.0153. The van der Waals surface area contributed by atoms with Gasteiger partial charge in [0.2, 0.25) is 5.91 Å². The largest absolute Gasteiger partial charge is 0.459 e. The lowest BCUT2D eigenvalue weighted by atomic mass is 10.2. The number of carbonyl (C=O) groups excluding carboxylic acids is 3. The monoisotopic (exact) mass is 416 g/mol. The van der Waals surface area contributed by atoms with Crippen LogP contribution in [-0.4, -0.2) is 40.3 Å². The van der Waals surface area contributed by atoms with Crippen LogP contribution in [0.25, 0.3) is 0 Å². The van der Waals surface area contributed by atoms with Crippen molar-refractivity contribution in [3.63, 3.8) is 0 Å². The first-order valence-corrected chi connectivity index (χ1v) is 10.5. The molecule has 0 aliphatic carbocycles. The minimum atomic E-state index is -0.814. The molecule has 8 heteroatoms. The van der Waals surface area contributed by atoms with Crippen LogP contribution in [0.15, 0.2) is 53.5 Å². The van der Waals surface area contributed by atoms with E-state index in [0.29, 0.717) is 12.2 Å². The van der Waals surface area contributed by atoms with Gasteiger partial charge in [0.05, 0.1) is 5.56 Å². The highest BCUT2D eigenvalue weighted by Gasteiger charge is 2.22. The maximum absolute atomic E-state index is 12.5. The normalized spacial score (nSPS) is 11.5. The molecule has 0 saturated heterocycles. The number of carbonyl (C=O) groups is 3. The third-order valence-electron chi connectivity index (χ3n) is 4.17. The van der Waals surface area contributed by atoms with Crippen molar-refractivity contribution in [3.05, 3.63) is 70.1 Å². The van der Waals surface area contributed by atoms with E-state index in [2.05, 4.69) is 5.32 Å². The number of hydrogen-bond acceptors (Lipinski definition) is 6. The molecule has 0 radical (unpaired) electrons. The maximum atomic E-state index is 12.5. The molecule has 0 fully saturated rings. The Morgan fingerprint density at radius 2 is 1.86 bits per heavy atom. The fourth-order valence-corrected chi connectivity index (χ4v) is 3.11. The number of amides is 1. The molecule has 0 aliphatic rings. The van der Waals surface area contributed by atoms with Gasteiger partial charge in [-0.1, -0.05) is 30.3 Å². The van der Waals surface area contributed by atoms with Gasteiger partial charge in [0.1, 0.15) is 19.2 Å². The highest BCUT2D eigenvalue weighted by atomic mass is 32.2. The Morgan fingerprint density at radius 3 is 2.52 bits per heavy atom. The van der Waals surface area contributed by atoms with Crippen molar-refractivity contribution in [2.45, 2.75) is 32.5 Å². The van der Waals surface area contributed by atoms with E-state index in [9.17, 15) is 19.2 Å². The number of aromatic nitrogens is 1. The van der Waals surface area contributed by atoms with E-state index in [4.69, 9.17) is 4.74 Å². The summed E-state index contributed by atoms with van der Waals surface area (Å²) in [6.45, 7) is 1.12. The van der Waals surface area contributed by atoms with Gasteiger partial charge in [0.15, 0.2) is 5.78 Å². The quantitative estimate of drug-likeness (QED) is 0.470. The van der Waals surface area contributed by atoms with Crippen molar-refractivity contribution in [2.75, 3.05) is 12.0 Å². The van der Waals surface area contributed by atoms with Gasteiger partial charge in [0, 0.05) is 6.20 Å². The van der Waals surface area contributed by atoms with E-state index in [-0.39, 0.29) is 24.5 Å². The highest BCUT2D eigenvalue weighted by molar-refractivity contribution is 7.98. The molecule has 0 aliphatic heterocycles. The number of Topliss-reactive ketones (excluding diaryl/α,β-unsaturated/α-hetero) is 1. The number of nitrogens with zero attached hydrogens (tertiary/aromatic N) is 1. The van der Waals surface area contributed by atoms with Gasteiger partial charge in [-0.2, -0.15) is 11.8 Å². The topological polar surface area (TPSA) is 94.5 Å². The number of nitrogens with one attached hydrogen (secondary N) is 1. The molecule has 1 heterocycles. The van der Waals surface area contributed by atoms with E-state index >= 15 is 0 Å². The Morgan fingerprint density at radius 1 is 1.14 bits per heavy atom. The lowest BCUT2D eigenvalue weighted by Crippen LogP contribution is -2.44. The Balaban J connectivity index is 2.02. The van der Waals surface area contributed by atoms with Gasteiger partial charge in [-0.15, -0.1) is 0 Å². The first kappa shape index (κ1) is 22.4. The average Bonchev–Trinajstić information content (AvgIpc) is 2.71.